The smallest absolute Gasteiger partial charge is 0.242 e. The molecule has 1 unspecified atom stereocenters. The molecule has 3 N–H and O–H groups in total. The summed E-state index contributed by atoms with van der Waals surface area (Å²) in [6, 6.07) is 24.1. The lowest BCUT2D eigenvalue weighted by Crippen LogP contribution is -2.20. The fourth-order valence-corrected chi connectivity index (χ4v) is 4.24. The number of carbonyl (C=O) groups excluding carboxylic acids is 1. The highest BCUT2D eigenvalue weighted by molar-refractivity contribution is 8.00. The molecule has 0 aliphatic heterocycles. The minimum Gasteiger partial charge on any atom is -0.497 e. The van der Waals surface area contributed by atoms with Gasteiger partial charge in [0.05, 0.1) is 19.8 Å². The second-order valence-electron chi connectivity index (χ2n) is 7.01. The van der Waals surface area contributed by atoms with Gasteiger partial charge in [0, 0.05) is 11.8 Å². The van der Waals surface area contributed by atoms with Crippen LogP contribution >= 0.6 is 11.8 Å². The number of nitrogens with one attached hydrogen (secondary N) is 1. The van der Waals surface area contributed by atoms with Crippen molar-refractivity contribution < 1.29 is 14.3 Å². The van der Waals surface area contributed by atoms with Crippen LogP contribution in [0.15, 0.2) is 84.0 Å². The summed E-state index contributed by atoms with van der Waals surface area (Å²) in [6.07, 6.45) is 0. The van der Waals surface area contributed by atoms with Crippen molar-refractivity contribution in [2.75, 3.05) is 25.4 Å². The van der Waals surface area contributed by atoms with Crippen LogP contribution in [-0.2, 0) is 4.79 Å². The topological polar surface area (TPSA) is 104 Å². The number of nitrogens with zero attached hydrogens (tertiary/aromatic N) is 3. The summed E-state index contributed by atoms with van der Waals surface area (Å²) >= 11 is 1.21. The van der Waals surface area contributed by atoms with Crippen molar-refractivity contribution in [3.8, 4) is 22.9 Å². The van der Waals surface area contributed by atoms with Crippen LogP contribution in [0.1, 0.15) is 10.8 Å². The number of amides is 1. The number of rotatable bonds is 8. The summed E-state index contributed by atoms with van der Waals surface area (Å²) in [5.41, 5.74) is 2.15. The van der Waals surface area contributed by atoms with Crippen molar-refractivity contribution in [2.45, 2.75) is 10.4 Å². The highest BCUT2D eigenvalue weighted by Gasteiger charge is 2.26. The monoisotopic (exact) mass is 461 g/mol. The lowest BCUT2D eigenvalue weighted by molar-refractivity contribution is -0.115. The van der Waals surface area contributed by atoms with E-state index in [-0.39, 0.29) is 5.91 Å². The zero-order chi connectivity index (χ0) is 23.2. The lowest BCUT2D eigenvalue weighted by atomic mass is 10.1. The van der Waals surface area contributed by atoms with Gasteiger partial charge in [-0.3, -0.25) is 4.79 Å². The van der Waals surface area contributed by atoms with Crippen LogP contribution < -0.4 is 20.6 Å². The van der Waals surface area contributed by atoms with Crippen LogP contribution in [0.4, 0.5) is 5.69 Å². The van der Waals surface area contributed by atoms with Crippen molar-refractivity contribution in [2.24, 2.45) is 0 Å². The average Bonchev–Trinajstić information content (AvgIpc) is 3.22. The third-order valence-electron chi connectivity index (χ3n) is 4.91. The van der Waals surface area contributed by atoms with Gasteiger partial charge < -0.3 is 20.6 Å². The molecule has 0 spiro atoms. The summed E-state index contributed by atoms with van der Waals surface area (Å²) < 4.78 is 12.0. The quantitative estimate of drug-likeness (QED) is 0.300. The fraction of sp³-hybridized carbons (Fsp3) is 0.125. The Balaban J connectivity index is 1.64. The van der Waals surface area contributed by atoms with E-state index in [1.165, 1.54) is 16.4 Å². The van der Waals surface area contributed by atoms with Crippen LogP contribution in [-0.4, -0.2) is 35.0 Å². The lowest BCUT2D eigenvalue weighted by Gasteiger charge is -2.17. The molecule has 8 nitrogen and oxygen atoms in total. The van der Waals surface area contributed by atoms with Gasteiger partial charge in [-0.25, -0.2) is 4.68 Å². The number of anilines is 1. The summed E-state index contributed by atoms with van der Waals surface area (Å²) in [5.74, 6) is 7.84. The number of methoxy groups -OCH3 is 2. The molecule has 1 amide bonds. The summed E-state index contributed by atoms with van der Waals surface area (Å²) in [6.45, 7) is 0. The van der Waals surface area contributed by atoms with Crippen molar-refractivity contribution in [3.63, 3.8) is 0 Å². The highest BCUT2D eigenvalue weighted by atomic mass is 32.2. The summed E-state index contributed by atoms with van der Waals surface area (Å²) in [4.78, 5) is 13.3. The second-order valence-corrected chi connectivity index (χ2v) is 8.08. The number of hydrogen-bond acceptors (Lipinski definition) is 7. The number of hydrogen-bond donors (Lipinski definition) is 2. The van der Waals surface area contributed by atoms with E-state index < -0.39 is 5.25 Å². The minimum absolute atomic E-state index is 0.221. The zero-order valence-electron chi connectivity index (χ0n) is 18.1. The largest absolute Gasteiger partial charge is 0.497 e. The first kappa shape index (κ1) is 22.2. The molecule has 0 fully saturated rings. The van der Waals surface area contributed by atoms with Gasteiger partial charge in [-0.2, -0.15) is 0 Å². The van der Waals surface area contributed by atoms with Crippen molar-refractivity contribution in [3.05, 3.63) is 84.4 Å². The predicted molar refractivity (Wildman–Crippen MR) is 129 cm³/mol. The van der Waals surface area contributed by atoms with E-state index in [4.69, 9.17) is 15.3 Å². The van der Waals surface area contributed by atoms with E-state index >= 15 is 0 Å². The molecule has 0 saturated heterocycles. The molecule has 0 radical (unpaired) electrons. The molecule has 168 valence electrons. The van der Waals surface area contributed by atoms with Crippen molar-refractivity contribution in [1.82, 2.24) is 14.9 Å². The Labute approximate surface area is 195 Å². The SMILES string of the molecule is COc1cccc(NC(=O)C(Sc2nnc(-c3ccccc3OC)n2N)c2ccccc2)c1. The number of nitrogens with two attached hydrogens (primary N) is 1. The van der Waals surface area contributed by atoms with Gasteiger partial charge in [0.15, 0.2) is 5.82 Å². The number of para-hydroxylation sites is 1. The maximum atomic E-state index is 13.3. The highest BCUT2D eigenvalue weighted by Crippen LogP contribution is 2.37. The van der Waals surface area contributed by atoms with Gasteiger partial charge in [-0.15, -0.1) is 10.2 Å². The Morgan fingerprint density at radius 2 is 1.73 bits per heavy atom. The van der Waals surface area contributed by atoms with Crippen LogP contribution in [0.25, 0.3) is 11.4 Å². The van der Waals surface area contributed by atoms with Gasteiger partial charge in [0.25, 0.3) is 0 Å². The third-order valence-corrected chi connectivity index (χ3v) is 6.12. The molecule has 9 heteroatoms. The summed E-state index contributed by atoms with van der Waals surface area (Å²) in [5, 5.41) is 11.2. The molecule has 1 aromatic heterocycles. The molecule has 1 heterocycles. The van der Waals surface area contributed by atoms with Gasteiger partial charge in [-0.1, -0.05) is 60.3 Å². The Morgan fingerprint density at radius 3 is 2.48 bits per heavy atom. The fourth-order valence-electron chi connectivity index (χ4n) is 3.29. The van der Waals surface area contributed by atoms with Crippen molar-refractivity contribution >= 4 is 23.4 Å². The molecule has 0 saturated carbocycles. The number of ether oxygens (including phenoxy) is 2. The third kappa shape index (κ3) is 4.93. The first-order chi connectivity index (χ1) is 16.1. The molecule has 0 aliphatic carbocycles. The molecule has 33 heavy (non-hydrogen) atoms. The summed E-state index contributed by atoms with van der Waals surface area (Å²) in [7, 11) is 3.16. The molecule has 3 aromatic carbocycles. The van der Waals surface area contributed by atoms with Gasteiger partial charge >= 0.3 is 0 Å². The standard InChI is InChI=1S/C24H23N5O3S/c1-31-18-12-8-11-17(15-18)26-23(30)21(16-9-4-3-5-10-16)33-24-28-27-22(29(24)25)19-13-6-7-14-20(19)32-2/h3-15,21H,25H2,1-2H3,(H,26,30). The Morgan fingerprint density at radius 1 is 0.970 bits per heavy atom. The normalized spacial score (nSPS) is 11.6. The van der Waals surface area contributed by atoms with Crippen LogP contribution in [0.5, 0.6) is 11.5 Å². The Kier molecular flexibility index (Phi) is 6.80. The number of nitrogen functional groups attached to an aromatic ring is 1. The number of carbonyl (C=O) groups is 1. The predicted octanol–water partition coefficient (Wildman–Crippen LogP) is 4.15. The molecular weight excluding hydrogens is 438 g/mol. The number of aromatic nitrogens is 3. The average molecular weight is 462 g/mol. The molecule has 4 aromatic rings. The second kappa shape index (κ2) is 10.1. The van der Waals surface area contributed by atoms with E-state index in [2.05, 4.69) is 15.5 Å². The molecule has 1 atom stereocenters. The van der Waals surface area contributed by atoms with Crippen LogP contribution in [0, 0.1) is 0 Å². The molecule has 4 rings (SSSR count). The first-order valence-corrected chi connectivity index (χ1v) is 11.0. The zero-order valence-corrected chi connectivity index (χ0v) is 19.0. The van der Waals surface area contributed by atoms with Crippen LogP contribution in [0.3, 0.4) is 0 Å². The maximum absolute atomic E-state index is 13.3. The first-order valence-electron chi connectivity index (χ1n) is 10.1. The molecular formula is C24H23N5O3S. The van der Waals surface area contributed by atoms with E-state index in [0.717, 1.165) is 5.56 Å². The van der Waals surface area contributed by atoms with Gasteiger partial charge in [-0.05, 0) is 29.8 Å². The van der Waals surface area contributed by atoms with Crippen molar-refractivity contribution in [1.29, 1.82) is 0 Å². The van der Waals surface area contributed by atoms with E-state index in [0.29, 0.717) is 33.7 Å². The maximum Gasteiger partial charge on any atom is 0.242 e. The Hall–Kier alpha value is -3.98. The molecule has 0 bridgehead atoms. The van der Waals surface area contributed by atoms with E-state index in [9.17, 15) is 4.79 Å². The van der Waals surface area contributed by atoms with Crippen LogP contribution in [0.2, 0.25) is 0 Å². The number of thioether (sulfide) groups is 1. The minimum atomic E-state index is -0.616. The van der Waals surface area contributed by atoms with Gasteiger partial charge in [0.1, 0.15) is 16.7 Å². The Bertz CT molecular complexity index is 1250. The molecule has 0 aliphatic rings. The van der Waals surface area contributed by atoms with E-state index in [1.54, 1.807) is 26.4 Å². The number of benzene rings is 3. The van der Waals surface area contributed by atoms with E-state index in [1.807, 2.05) is 66.7 Å². The van der Waals surface area contributed by atoms with Gasteiger partial charge in [0.2, 0.25) is 11.1 Å².